The SMILES string of the molecule is CC1CC(C)(C)CC2(CC(=O)CCO2)C1. The van der Waals surface area contributed by atoms with Gasteiger partial charge in [0, 0.05) is 12.8 Å². The van der Waals surface area contributed by atoms with E-state index in [4.69, 9.17) is 4.74 Å². The standard InChI is InChI=1S/C13H22O2/c1-10-6-12(2,3)9-13(7-10)8-11(14)4-5-15-13/h10H,4-9H2,1-3H3. The van der Waals surface area contributed by atoms with Crippen LogP contribution >= 0.6 is 0 Å². The first-order valence-electron chi connectivity index (χ1n) is 6.07. The average Bonchev–Trinajstić information content (AvgIpc) is 1.97. The van der Waals surface area contributed by atoms with E-state index in [2.05, 4.69) is 20.8 Å². The lowest BCUT2D eigenvalue weighted by Gasteiger charge is -2.48. The van der Waals surface area contributed by atoms with Crippen molar-refractivity contribution in [1.29, 1.82) is 0 Å². The van der Waals surface area contributed by atoms with E-state index in [9.17, 15) is 4.79 Å². The molecule has 86 valence electrons. The van der Waals surface area contributed by atoms with E-state index < -0.39 is 0 Å². The summed E-state index contributed by atoms with van der Waals surface area (Å²) in [5.41, 5.74) is 0.214. The first-order valence-corrected chi connectivity index (χ1v) is 6.07. The van der Waals surface area contributed by atoms with Crippen molar-refractivity contribution < 1.29 is 9.53 Å². The third-order valence-electron chi connectivity index (χ3n) is 3.73. The molecule has 1 heterocycles. The second kappa shape index (κ2) is 3.58. The molecule has 0 aromatic rings. The molecule has 2 fully saturated rings. The van der Waals surface area contributed by atoms with Gasteiger partial charge in [-0.2, -0.15) is 0 Å². The van der Waals surface area contributed by atoms with Gasteiger partial charge < -0.3 is 4.74 Å². The summed E-state index contributed by atoms with van der Waals surface area (Å²) in [5.74, 6) is 1.07. The Labute approximate surface area is 92.4 Å². The van der Waals surface area contributed by atoms with Crippen molar-refractivity contribution in [2.24, 2.45) is 11.3 Å². The number of rotatable bonds is 0. The molecule has 0 radical (unpaired) electrons. The van der Waals surface area contributed by atoms with Crippen LogP contribution in [0.4, 0.5) is 0 Å². The van der Waals surface area contributed by atoms with Crippen molar-refractivity contribution in [3.63, 3.8) is 0 Å². The van der Waals surface area contributed by atoms with Crippen LogP contribution in [0.25, 0.3) is 0 Å². The molecular weight excluding hydrogens is 188 g/mol. The number of ether oxygens (including phenoxy) is 1. The smallest absolute Gasteiger partial charge is 0.138 e. The van der Waals surface area contributed by atoms with Crippen molar-refractivity contribution in [2.75, 3.05) is 6.61 Å². The van der Waals surface area contributed by atoms with E-state index in [0.717, 1.165) is 12.8 Å². The Kier molecular flexibility index (Phi) is 2.66. The fraction of sp³-hybridized carbons (Fsp3) is 0.923. The molecule has 0 aromatic heterocycles. The molecule has 2 atom stereocenters. The van der Waals surface area contributed by atoms with E-state index in [1.54, 1.807) is 0 Å². The zero-order valence-electron chi connectivity index (χ0n) is 10.1. The third-order valence-corrected chi connectivity index (χ3v) is 3.73. The summed E-state index contributed by atoms with van der Waals surface area (Å²) in [6.45, 7) is 7.52. The number of hydrogen-bond donors (Lipinski definition) is 0. The summed E-state index contributed by atoms with van der Waals surface area (Å²) >= 11 is 0. The van der Waals surface area contributed by atoms with E-state index in [-0.39, 0.29) is 5.60 Å². The molecule has 1 aliphatic carbocycles. The van der Waals surface area contributed by atoms with Gasteiger partial charge in [0.1, 0.15) is 5.78 Å². The van der Waals surface area contributed by atoms with E-state index in [1.165, 1.54) is 6.42 Å². The Bertz CT molecular complexity index is 270. The van der Waals surface area contributed by atoms with E-state index in [1.807, 2.05) is 0 Å². The highest BCUT2D eigenvalue weighted by molar-refractivity contribution is 5.80. The van der Waals surface area contributed by atoms with Crippen molar-refractivity contribution in [2.45, 2.75) is 58.5 Å². The fourth-order valence-corrected chi connectivity index (χ4v) is 3.79. The molecule has 2 rings (SSSR count). The molecule has 1 spiro atoms. The highest BCUT2D eigenvalue weighted by atomic mass is 16.5. The number of Topliss-reactive ketones (excluding diaryl/α,β-unsaturated/α-hetero) is 1. The van der Waals surface area contributed by atoms with Gasteiger partial charge in [-0.15, -0.1) is 0 Å². The van der Waals surface area contributed by atoms with Crippen LogP contribution in [0, 0.1) is 11.3 Å². The van der Waals surface area contributed by atoms with Crippen molar-refractivity contribution in [3.8, 4) is 0 Å². The molecule has 1 saturated carbocycles. The lowest BCUT2D eigenvalue weighted by molar-refractivity contribution is -0.156. The predicted octanol–water partition coefficient (Wildman–Crippen LogP) is 2.95. The second-order valence-corrected chi connectivity index (χ2v) is 6.35. The van der Waals surface area contributed by atoms with Crippen LogP contribution in [0.3, 0.4) is 0 Å². The minimum absolute atomic E-state index is 0.115. The molecular formula is C13H22O2. The van der Waals surface area contributed by atoms with Gasteiger partial charge in [0.05, 0.1) is 12.2 Å². The molecule has 15 heavy (non-hydrogen) atoms. The molecule has 0 bridgehead atoms. The number of ketones is 1. The highest BCUT2D eigenvalue weighted by Crippen LogP contribution is 2.48. The molecule has 2 aliphatic rings. The number of carbonyl (C=O) groups excluding carboxylic acids is 1. The summed E-state index contributed by atoms with van der Waals surface area (Å²) in [4.78, 5) is 11.6. The first kappa shape index (κ1) is 11.1. The van der Waals surface area contributed by atoms with Gasteiger partial charge in [0.15, 0.2) is 0 Å². The van der Waals surface area contributed by atoms with Gasteiger partial charge in [-0.25, -0.2) is 0 Å². The van der Waals surface area contributed by atoms with Gasteiger partial charge in [-0.05, 0) is 30.6 Å². The first-order chi connectivity index (χ1) is 6.91. The molecule has 2 heteroatoms. The summed E-state index contributed by atoms with van der Waals surface area (Å²) in [7, 11) is 0. The highest BCUT2D eigenvalue weighted by Gasteiger charge is 2.46. The molecule has 0 amide bonds. The molecule has 2 unspecified atom stereocenters. The molecule has 0 N–H and O–H groups in total. The number of carbonyl (C=O) groups is 1. The molecule has 1 saturated heterocycles. The molecule has 0 aromatic carbocycles. The average molecular weight is 210 g/mol. The van der Waals surface area contributed by atoms with E-state index >= 15 is 0 Å². The lowest BCUT2D eigenvalue weighted by Crippen LogP contribution is -2.48. The van der Waals surface area contributed by atoms with Gasteiger partial charge in [0.25, 0.3) is 0 Å². The minimum Gasteiger partial charge on any atom is -0.374 e. The molecule has 1 aliphatic heterocycles. The van der Waals surface area contributed by atoms with Gasteiger partial charge >= 0.3 is 0 Å². The zero-order chi connectivity index (χ0) is 11.1. The van der Waals surface area contributed by atoms with Gasteiger partial charge in [-0.1, -0.05) is 20.8 Å². The van der Waals surface area contributed by atoms with Crippen LogP contribution in [0.2, 0.25) is 0 Å². The topological polar surface area (TPSA) is 26.3 Å². The Morgan fingerprint density at radius 3 is 2.67 bits per heavy atom. The lowest BCUT2D eigenvalue weighted by atomic mass is 9.64. The van der Waals surface area contributed by atoms with Crippen LogP contribution in [0.1, 0.15) is 52.9 Å². The Balaban J connectivity index is 2.16. The van der Waals surface area contributed by atoms with Gasteiger partial charge in [-0.3, -0.25) is 4.79 Å². The van der Waals surface area contributed by atoms with Crippen molar-refractivity contribution in [1.82, 2.24) is 0 Å². The summed E-state index contributed by atoms with van der Waals surface area (Å²) in [6, 6.07) is 0. The van der Waals surface area contributed by atoms with Crippen LogP contribution in [-0.4, -0.2) is 18.0 Å². The van der Waals surface area contributed by atoms with E-state index in [0.29, 0.717) is 36.6 Å². The molecule has 2 nitrogen and oxygen atoms in total. The van der Waals surface area contributed by atoms with Crippen molar-refractivity contribution in [3.05, 3.63) is 0 Å². The second-order valence-electron chi connectivity index (χ2n) is 6.35. The normalized spacial score (nSPS) is 40.7. The third kappa shape index (κ3) is 2.41. The van der Waals surface area contributed by atoms with Crippen LogP contribution in [-0.2, 0) is 9.53 Å². The summed E-state index contributed by atoms with van der Waals surface area (Å²) < 4.78 is 5.96. The maximum Gasteiger partial charge on any atom is 0.138 e. The predicted molar refractivity (Wildman–Crippen MR) is 59.7 cm³/mol. The monoisotopic (exact) mass is 210 g/mol. The summed E-state index contributed by atoms with van der Waals surface area (Å²) in [5, 5.41) is 0. The Hall–Kier alpha value is -0.370. The van der Waals surface area contributed by atoms with Crippen LogP contribution < -0.4 is 0 Å². The number of hydrogen-bond acceptors (Lipinski definition) is 2. The van der Waals surface area contributed by atoms with Crippen LogP contribution in [0.5, 0.6) is 0 Å². The van der Waals surface area contributed by atoms with Gasteiger partial charge in [0.2, 0.25) is 0 Å². The maximum atomic E-state index is 11.6. The quantitative estimate of drug-likeness (QED) is 0.614. The Morgan fingerprint density at radius 2 is 2.07 bits per heavy atom. The van der Waals surface area contributed by atoms with Crippen molar-refractivity contribution >= 4 is 5.78 Å². The zero-order valence-corrected chi connectivity index (χ0v) is 10.1. The minimum atomic E-state index is -0.115. The Morgan fingerprint density at radius 1 is 1.33 bits per heavy atom. The fourth-order valence-electron chi connectivity index (χ4n) is 3.79. The van der Waals surface area contributed by atoms with Crippen LogP contribution in [0.15, 0.2) is 0 Å². The largest absolute Gasteiger partial charge is 0.374 e. The maximum absolute atomic E-state index is 11.6. The summed E-state index contributed by atoms with van der Waals surface area (Å²) in [6.07, 6.45) is 4.65.